The smallest absolute Gasteiger partial charge is 0.414 e. The molecule has 2 heterocycles. The summed E-state index contributed by atoms with van der Waals surface area (Å²) in [7, 11) is -3.58. The zero-order valence-corrected chi connectivity index (χ0v) is 16.9. The van der Waals surface area contributed by atoms with E-state index in [-0.39, 0.29) is 0 Å². The molecular formula is C21H22N2O6S. The topological polar surface area (TPSA) is 126 Å². The quantitative estimate of drug-likeness (QED) is 0.542. The lowest BCUT2D eigenvalue weighted by Crippen LogP contribution is -2.23. The first-order valence-corrected chi connectivity index (χ1v) is 10.8. The van der Waals surface area contributed by atoms with Crippen LogP contribution in [-0.4, -0.2) is 47.1 Å². The number of hydrogen-bond donors (Lipinski definition) is 3. The Balaban J connectivity index is 0.000000377. The highest BCUT2D eigenvalue weighted by molar-refractivity contribution is 7.90. The maximum absolute atomic E-state index is 13.0. The van der Waals surface area contributed by atoms with E-state index in [0.717, 1.165) is 35.9 Å². The van der Waals surface area contributed by atoms with E-state index in [1.165, 1.54) is 10.4 Å². The van der Waals surface area contributed by atoms with Crippen LogP contribution in [0.4, 0.5) is 0 Å². The Morgan fingerprint density at radius 1 is 1.00 bits per heavy atom. The molecule has 1 aromatic heterocycles. The summed E-state index contributed by atoms with van der Waals surface area (Å²) in [6.45, 7) is 1.05. The predicted octanol–water partition coefficient (Wildman–Crippen LogP) is 2.33. The molecule has 3 aromatic rings. The Labute approximate surface area is 173 Å². The summed E-state index contributed by atoms with van der Waals surface area (Å²) in [5, 5.41) is 19.3. The number of aliphatic carboxylic acids is 2. The Morgan fingerprint density at radius 2 is 1.63 bits per heavy atom. The predicted molar refractivity (Wildman–Crippen MR) is 111 cm³/mol. The van der Waals surface area contributed by atoms with Gasteiger partial charge in [0.25, 0.3) is 10.0 Å². The van der Waals surface area contributed by atoms with Gasteiger partial charge in [-0.25, -0.2) is 22.0 Å². The molecule has 3 N–H and O–H groups in total. The van der Waals surface area contributed by atoms with Crippen molar-refractivity contribution in [3.8, 4) is 0 Å². The summed E-state index contributed by atoms with van der Waals surface area (Å²) >= 11 is 0. The number of aromatic nitrogens is 1. The minimum Gasteiger partial charge on any atom is -0.473 e. The highest BCUT2D eigenvalue weighted by atomic mass is 32.2. The third-order valence-electron chi connectivity index (χ3n) is 4.87. The Morgan fingerprint density at radius 3 is 2.23 bits per heavy atom. The number of rotatable bonds is 4. The first-order chi connectivity index (χ1) is 14.3. The third kappa shape index (κ3) is 4.69. The number of carboxylic acids is 2. The highest BCUT2D eigenvalue weighted by Crippen LogP contribution is 2.27. The first-order valence-electron chi connectivity index (χ1n) is 9.40. The van der Waals surface area contributed by atoms with Crippen molar-refractivity contribution < 1.29 is 28.2 Å². The van der Waals surface area contributed by atoms with Crippen molar-refractivity contribution in [1.82, 2.24) is 9.29 Å². The van der Waals surface area contributed by atoms with E-state index in [0.29, 0.717) is 10.9 Å². The number of benzene rings is 2. The summed E-state index contributed by atoms with van der Waals surface area (Å²) in [4.78, 5) is 18.5. The molecule has 9 heteroatoms. The summed E-state index contributed by atoms with van der Waals surface area (Å²) in [5.41, 5.74) is 1.83. The van der Waals surface area contributed by atoms with E-state index in [9.17, 15) is 8.42 Å². The van der Waals surface area contributed by atoms with Crippen LogP contribution in [0, 0.1) is 0 Å². The SMILES string of the molecule is O=C(O)C(=O)O.O=S(=O)(c1ccccc1)n1cc(C[C@H]2CCCN2)c2ccccc21. The molecule has 1 fully saturated rings. The van der Waals surface area contributed by atoms with E-state index in [1.54, 1.807) is 30.5 Å². The number of carbonyl (C=O) groups is 2. The lowest BCUT2D eigenvalue weighted by molar-refractivity contribution is -0.159. The molecule has 4 rings (SSSR count). The van der Waals surface area contributed by atoms with Crippen molar-refractivity contribution in [3.63, 3.8) is 0 Å². The van der Waals surface area contributed by atoms with Crippen molar-refractivity contribution in [2.45, 2.75) is 30.2 Å². The fourth-order valence-electron chi connectivity index (χ4n) is 3.48. The molecular weight excluding hydrogens is 408 g/mol. The van der Waals surface area contributed by atoms with E-state index in [2.05, 4.69) is 5.32 Å². The summed E-state index contributed by atoms with van der Waals surface area (Å²) < 4.78 is 27.5. The summed E-state index contributed by atoms with van der Waals surface area (Å²) in [6.07, 6.45) is 4.99. The fraction of sp³-hybridized carbons (Fsp3) is 0.238. The van der Waals surface area contributed by atoms with Crippen LogP contribution in [0.25, 0.3) is 10.9 Å². The molecule has 158 valence electrons. The molecule has 0 bridgehead atoms. The fourth-order valence-corrected chi connectivity index (χ4v) is 4.89. The van der Waals surface area contributed by atoms with Gasteiger partial charge in [-0.2, -0.15) is 0 Å². The number of hydrogen-bond acceptors (Lipinski definition) is 5. The lowest BCUT2D eigenvalue weighted by atomic mass is 10.0. The van der Waals surface area contributed by atoms with Crippen LogP contribution in [0.15, 0.2) is 65.7 Å². The monoisotopic (exact) mass is 430 g/mol. The lowest BCUT2D eigenvalue weighted by Gasteiger charge is -2.08. The molecule has 0 spiro atoms. The van der Waals surface area contributed by atoms with Crippen LogP contribution in [0.1, 0.15) is 18.4 Å². The second-order valence-electron chi connectivity index (χ2n) is 6.89. The minimum absolute atomic E-state index is 0.316. The van der Waals surface area contributed by atoms with Gasteiger partial charge in [0.05, 0.1) is 10.4 Å². The van der Waals surface area contributed by atoms with Gasteiger partial charge in [-0.3, -0.25) is 0 Å². The number of nitrogens with zero attached hydrogens (tertiary/aromatic N) is 1. The van der Waals surface area contributed by atoms with Gasteiger partial charge < -0.3 is 15.5 Å². The Bertz CT molecular complexity index is 1140. The number of carboxylic acid groups (broad SMARTS) is 2. The van der Waals surface area contributed by atoms with Crippen molar-refractivity contribution >= 4 is 32.9 Å². The zero-order chi connectivity index (χ0) is 21.7. The van der Waals surface area contributed by atoms with Crippen molar-refractivity contribution in [2.24, 2.45) is 0 Å². The normalized spacial score (nSPS) is 16.1. The number of fused-ring (bicyclic) bond motifs is 1. The van der Waals surface area contributed by atoms with Gasteiger partial charge >= 0.3 is 11.9 Å². The average molecular weight is 430 g/mol. The van der Waals surface area contributed by atoms with Gasteiger partial charge in [-0.1, -0.05) is 36.4 Å². The molecule has 0 unspecified atom stereocenters. The van der Waals surface area contributed by atoms with Gasteiger partial charge in [-0.15, -0.1) is 0 Å². The Kier molecular flexibility index (Phi) is 6.53. The summed E-state index contributed by atoms with van der Waals surface area (Å²) in [6, 6.07) is 16.8. The van der Waals surface area contributed by atoms with Crippen molar-refractivity contribution in [3.05, 3.63) is 66.4 Å². The van der Waals surface area contributed by atoms with Gasteiger partial charge in [0.1, 0.15) is 0 Å². The first kappa shape index (κ1) is 21.5. The molecule has 8 nitrogen and oxygen atoms in total. The molecule has 0 amide bonds. The van der Waals surface area contributed by atoms with E-state index < -0.39 is 22.0 Å². The van der Waals surface area contributed by atoms with Gasteiger partial charge in [0.15, 0.2) is 0 Å². The standard InChI is InChI=1S/C19H20N2O2S.C2H2O4/c22-24(23,17-8-2-1-3-9-17)21-14-15(13-16-7-6-12-20-16)18-10-4-5-11-19(18)21;3-1(4)2(5)6/h1-5,8-11,14,16,20H,6-7,12-13H2;(H,3,4)(H,5,6)/t16-;/m1./s1. The maximum Gasteiger partial charge on any atom is 0.414 e. The summed E-state index contributed by atoms with van der Waals surface area (Å²) in [5.74, 6) is -3.65. The molecule has 1 aliphatic rings. The molecule has 0 aliphatic carbocycles. The molecule has 30 heavy (non-hydrogen) atoms. The van der Waals surface area contributed by atoms with Crippen LogP contribution in [0.2, 0.25) is 0 Å². The number of nitrogens with one attached hydrogen (secondary N) is 1. The maximum atomic E-state index is 13.0. The number of para-hydroxylation sites is 1. The van der Waals surface area contributed by atoms with Crippen LogP contribution in [0.5, 0.6) is 0 Å². The van der Waals surface area contributed by atoms with Gasteiger partial charge in [0.2, 0.25) is 0 Å². The van der Waals surface area contributed by atoms with E-state index in [4.69, 9.17) is 19.8 Å². The van der Waals surface area contributed by atoms with Crippen LogP contribution < -0.4 is 5.32 Å². The van der Waals surface area contributed by atoms with E-state index >= 15 is 0 Å². The van der Waals surface area contributed by atoms with Crippen LogP contribution >= 0.6 is 0 Å². The Hall–Kier alpha value is -3.17. The average Bonchev–Trinajstić information content (AvgIpc) is 3.38. The molecule has 0 saturated carbocycles. The molecule has 1 atom stereocenters. The van der Waals surface area contributed by atoms with Gasteiger partial charge in [-0.05, 0) is 49.6 Å². The molecule has 1 aliphatic heterocycles. The molecule has 0 radical (unpaired) electrons. The van der Waals surface area contributed by atoms with E-state index in [1.807, 2.05) is 30.3 Å². The van der Waals surface area contributed by atoms with Crippen molar-refractivity contribution in [1.29, 1.82) is 0 Å². The second kappa shape index (κ2) is 9.10. The van der Waals surface area contributed by atoms with Gasteiger partial charge in [0, 0.05) is 17.6 Å². The molecule has 2 aromatic carbocycles. The minimum atomic E-state index is -3.58. The highest BCUT2D eigenvalue weighted by Gasteiger charge is 2.23. The second-order valence-corrected chi connectivity index (χ2v) is 8.71. The molecule has 1 saturated heterocycles. The largest absolute Gasteiger partial charge is 0.473 e. The van der Waals surface area contributed by atoms with Crippen LogP contribution in [0.3, 0.4) is 0 Å². The van der Waals surface area contributed by atoms with Crippen LogP contribution in [-0.2, 0) is 26.0 Å². The third-order valence-corrected chi connectivity index (χ3v) is 6.56. The van der Waals surface area contributed by atoms with Crippen molar-refractivity contribution in [2.75, 3.05) is 6.54 Å². The zero-order valence-electron chi connectivity index (χ0n) is 16.1.